The van der Waals surface area contributed by atoms with E-state index in [0.717, 1.165) is 6.07 Å². The van der Waals surface area contributed by atoms with Gasteiger partial charge in [0.1, 0.15) is 5.75 Å². The molecule has 0 saturated carbocycles. The average molecular weight is 297 g/mol. The van der Waals surface area contributed by atoms with Gasteiger partial charge in [0.15, 0.2) is 17.3 Å². The van der Waals surface area contributed by atoms with Crippen LogP contribution in [0, 0.1) is 5.82 Å². The Labute approximate surface area is 121 Å². The highest BCUT2D eigenvalue weighted by Gasteiger charge is 2.12. The molecule has 6 heteroatoms. The molecule has 0 aliphatic rings. The molecule has 0 aliphatic heterocycles. The number of nitrogens with two attached hydrogens (primary N) is 1. The molecule has 1 aromatic heterocycles. The molecule has 0 unspecified atom stereocenters. The van der Waals surface area contributed by atoms with Crippen LogP contribution in [-0.4, -0.2) is 11.1 Å². The lowest BCUT2D eigenvalue weighted by Crippen LogP contribution is -2.07. The Balaban J connectivity index is 2.31. The lowest BCUT2D eigenvalue weighted by molar-refractivity contribution is 0.230. The number of halogens is 2. The molecule has 0 amide bonds. The van der Waals surface area contributed by atoms with E-state index < -0.39 is 5.82 Å². The Morgan fingerprint density at radius 2 is 1.95 bits per heavy atom. The van der Waals surface area contributed by atoms with Gasteiger partial charge in [0, 0.05) is 24.4 Å². The third kappa shape index (κ3) is 3.51. The van der Waals surface area contributed by atoms with Gasteiger partial charge in [-0.25, -0.2) is 4.39 Å². The number of aromatic nitrogens is 1. The van der Waals surface area contributed by atoms with Crippen LogP contribution in [0.15, 0.2) is 30.6 Å². The number of benzene rings is 1. The Kier molecular flexibility index (Phi) is 4.29. The minimum Gasteiger partial charge on any atom is -0.488 e. The van der Waals surface area contributed by atoms with E-state index in [9.17, 15) is 4.39 Å². The van der Waals surface area contributed by atoms with Crippen LogP contribution >= 0.6 is 11.6 Å². The van der Waals surface area contributed by atoms with Crippen molar-refractivity contribution < 1.29 is 13.9 Å². The number of nitrogen functional groups attached to an aromatic ring is 1. The molecule has 1 heterocycles. The first-order valence-electron chi connectivity index (χ1n) is 6.00. The quantitative estimate of drug-likeness (QED) is 0.865. The van der Waals surface area contributed by atoms with Crippen molar-refractivity contribution in [3.05, 3.63) is 41.4 Å². The zero-order chi connectivity index (χ0) is 14.7. The Bertz CT molecular complexity index is 620. The van der Waals surface area contributed by atoms with Gasteiger partial charge >= 0.3 is 0 Å². The summed E-state index contributed by atoms with van der Waals surface area (Å²) in [6.07, 6.45) is 2.81. The first-order valence-corrected chi connectivity index (χ1v) is 6.37. The minimum absolute atomic E-state index is 0.0826. The summed E-state index contributed by atoms with van der Waals surface area (Å²) in [6.45, 7) is 3.61. The van der Waals surface area contributed by atoms with Crippen LogP contribution in [0.25, 0.3) is 0 Å². The largest absolute Gasteiger partial charge is 0.488 e. The van der Waals surface area contributed by atoms with Gasteiger partial charge in [-0.1, -0.05) is 11.6 Å². The van der Waals surface area contributed by atoms with Crippen molar-refractivity contribution in [1.29, 1.82) is 0 Å². The topological polar surface area (TPSA) is 57.4 Å². The van der Waals surface area contributed by atoms with Crippen molar-refractivity contribution in [2.45, 2.75) is 20.0 Å². The fourth-order valence-electron chi connectivity index (χ4n) is 1.56. The fourth-order valence-corrected chi connectivity index (χ4v) is 1.72. The van der Waals surface area contributed by atoms with E-state index in [1.807, 2.05) is 0 Å². The summed E-state index contributed by atoms with van der Waals surface area (Å²) in [7, 11) is 0. The van der Waals surface area contributed by atoms with Crippen LogP contribution < -0.4 is 15.2 Å². The first-order chi connectivity index (χ1) is 9.45. The molecular formula is C14H14ClFN2O2. The third-order valence-corrected chi connectivity index (χ3v) is 2.54. The maximum absolute atomic E-state index is 13.7. The summed E-state index contributed by atoms with van der Waals surface area (Å²) in [5, 5.41) is 0.432. The van der Waals surface area contributed by atoms with Gasteiger partial charge < -0.3 is 15.2 Å². The van der Waals surface area contributed by atoms with Gasteiger partial charge in [-0.2, -0.15) is 0 Å². The molecule has 0 radical (unpaired) electrons. The number of anilines is 1. The van der Waals surface area contributed by atoms with Crippen molar-refractivity contribution in [3.63, 3.8) is 0 Å². The van der Waals surface area contributed by atoms with E-state index in [0.29, 0.717) is 10.8 Å². The van der Waals surface area contributed by atoms with Gasteiger partial charge in [0.2, 0.25) is 0 Å². The highest BCUT2D eigenvalue weighted by atomic mass is 35.5. The molecule has 0 saturated heterocycles. The number of rotatable bonds is 4. The second-order valence-corrected chi connectivity index (χ2v) is 4.86. The van der Waals surface area contributed by atoms with Crippen molar-refractivity contribution in [3.8, 4) is 17.2 Å². The van der Waals surface area contributed by atoms with Gasteiger partial charge in [0.25, 0.3) is 0 Å². The standard InChI is InChI=1S/C14H14ClFN2O2/c1-8(2)19-13-5-14(12(17)4-11(13)16)20-10-3-9(15)6-18-7-10/h3-8H,17H2,1-2H3. The molecule has 0 bridgehead atoms. The predicted molar refractivity (Wildman–Crippen MR) is 75.9 cm³/mol. The summed E-state index contributed by atoms with van der Waals surface area (Å²) >= 11 is 5.82. The van der Waals surface area contributed by atoms with Crippen LogP contribution in [0.5, 0.6) is 17.2 Å². The molecule has 20 heavy (non-hydrogen) atoms. The summed E-state index contributed by atoms with van der Waals surface area (Å²) in [4.78, 5) is 3.90. The number of pyridine rings is 1. The van der Waals surface area contributed by atoms with Crippen molar-refractivity contribution >= 4 is 17.3 Å². The van der Waals surface area contributed by atoms with E-state index >= 15 is 0 Å². The van der Waals surface area contributed by atoms with Crippen molar-refractivity contribution in [2.24, 2.45) is 0 Å². The second-order valence-electron chi connectivity index (χ2n) is 4.43. The fraction of sp³-hybridized carbons (Fsp3) is 0.214. The SMILES string of the molecule is CC(C)Oc1cc(Oc2cncc(Cl)c2)c(N)cc1F. The average Bonchev–Trinajstić information content (AvgIpc) is 2.34. The third-order valence-electron chi connectivity index (χ3n) is 2.33. The molecule has 0 aliphatic carbocycles. The lowest BCUT2D eigenvalue weighted by Gasteiger charge is -2.14. The summed E-state index contributed by atoms with van der Waals surface area (Å²) < 4.78 is 24.6. The van der Waals surface area contributed by atoms with E-state index in [2.05, 4.69) is 4.98 Å². The molecule has 2 aromatic rings. The summed E-state index contributed by atoms with van der Waals surface area (Å²) in [5.74, 6) is 0.240. The number of ether oxygens (including phenoxy) is 2. The minimum atomic E-state index is -0.534. The maximum Gasteiger partial charge on any atom is 0.167 e. The highest BCUT2D eigenvalue weighted by molar-refractivity contribution is 6.30. The van der Waals surface area contributed by atoms with Gasteiger partial charge in [-0.3, -0.25) is 4.98 Å². The van der Waals surface area contributed by atoms with Crippen LogP contribution in [0.1, 0.15) is 13.8 Å². The molecule has 2 rings (SSSR count). The van der Waals surface area contributed by atoms with Crippen LogP contribution in [0.4, 0.5) is 10.1 Å². The molecule has 0 fully saturated rings. The zero-order valence-corrected chi connectivity index (χ0v) is 11.8. The second kappa shape index (κ2) is 5.96. The molecule has 0 spiro atoms. The van der Waals surface area contributed by atoms with Crippen LogP contribution in [-0.2, 0) is 0 Å². The molecule has 106 valence electrons. The Hall–Kier alpha value is -2.01. The predicted octanol–water partition coefficient (Wildman–Crippen LogP) is 4.04. The monoisotopic (exact) mass is 296 g/mol. The molecule has 1 aromatic carbocycles. The molecule has 0 atom stereocenters. The van der Waals surface area contributed by atoms with E-state index in [1.165, 1.54) is 18.5 Å². The smallest absolute Gasteiger partial charge is 0.167 e. The normalized spacial score (nSPS) is 10.7. The number of hydrogen-bond donors (Lipinski definition) is 1. The lowest BCUT2D eigenvalue weighted by atomic mass is 10.2. The summed E-state index contributed by atoms with van der Waals surface area (Å²) in [6, 6.07) is 4.15. The van der Waals surface area contributed by atoms with Gasteiger partial charge in [-0.15, -0.1) is 0 Å². The Morgan fingerprint density at radius 3 is 2.60 bits per heavy atom. The van der Waals surface area contributed by atoms with Crippen molar-refractivity contribution in [2.75, 3.05) is 5.73 Å². The number of nitrogens with zero attached hydrogens (tertiary/aromatic N) is 1. The highest BCUT2D eigenvalue weighted by Crippen LogP contribution is 2.34. The molecule has 2 N–H and O–H groups in total. The van der Waals surface area contributed by atoms with Crippen molar-refractivity contribution in [1.82, 2.24) is 4.98 Å². The molecular weight excluding hydrogens is 283 g/mol. The molecule has 4 nitrogen and oxygen atoms in total. The van der Waals surface area contributed by atoms with Gasteiger partial charge in [-0.05, 0) is 13.8 Å². The zero-order valence-electron chi connectivity index (χ0n) is 11.1. The van der Waals surface area contributed by atoms with E-state index in [-0.39, 0.29) is 23.3 Å². The number of hydrogen-bond acceptors (Lipinski definition) is 4. The summed E-state index contributed by atoms with van der Waals surface area (Å²) in [5.41, 5.74) is 5.90. The van der Waals surface area contributed by atoms with E-state index in [1.54, 1.807) is 19.9 Å². The Morgan fingerprint density at radius 1 is 1.20 bits per heavy atom. The maximum atomic E-state index is 13.7. The van der Waals surface area contributed by atoms with Crippen LogP contribution in [0.3, 0.4) is 0 Å². The van der Waals surface area contributed by atoms with Gasteiger partial charge in [0.05, 0.1) is 23.0 Å². The first kappa shape index (κ1) is 14.4. The van der Waals surface area contributed by atoms with Crippen LogP contribution in [0.2, 0.25) is 5.02 Å². The van der Waals surface area contributed by atoms with E-state index in [4.69, 9.17) is 26.8 Å².